The molecular formula is C20H34IN3O. The van der Waals surface area contributed by atoms with Crippen LogP contribution in [0.3, 0.4) is 0 Å². The number of aliphatic imine (C=N–C) groups is 1. The molecule has 0 spiro atoms. The van der Waals surface area contributed by atoms with Crippen LogP contribution in [-0.4, -0.2) is 50.8 Å². The number of aryl methyl sites for hydroxylation is 1. The highest BCUT2D eigenvalue weighted by Gasteiger charge is 2.15. The molecular weight excluding hydrogens is 425 g/mol. The van der Waals surface area contributed by atoms with E-state index in [1.54, 1.807) is 0 Å². The quantitative estimate of drug-likeness (QED) is 0.277. The first kappa shape index (κ1) is 22.2. The number of hydrogen-bond acceptors (Lipinski definition) is 2. The Labute approximate surface area is 170 Å². The first-order valence-electron chi connectivity index (χ1n) is 9.40. The van der Waals surface area contributed by atoms with Crippen molar-refractivity contribution in [2.24, 2.45) is 10.9 Å². The Morgan fingerprint density at radius 2 is 1.96 bits per heavy atom. The van der Waals surface area contributed by atoms with Crippen LogP contribution in [-0.2, 0) is 11.2 Å². The third-order valence-corrected chi connectivity index (χ3v) is 4.64. The van der Waals surface area contributed by atoms with E-state index in [1.165, 1.54) is 24.8 Å². The number of ether oxygens (including phenoxy) is 1. The minimum absolute atomic E-state index is 0. The zero-order valence-corrected chi connectivity index (χ0v) is 18.1. The molecule has 5 heteroatoms. The highest BCUT2D eigenvalue weighted by molar-refractivity contribution is 14.0. The van der Waals surface area contributed by atoms with Gasteiger partial charge in [0.1, 0.15) is 0 Å². The molecule has 1 saturated heterocycles. The summed E-state index contributed by atoms with van der Waals surface area (Å²) in [6.07, 6.45) is 5.83. The van der Waals surface area contributed by atoms with E-state index in [1.807, 2.05) is 0 Å². The molecule has 2 rings (SSSR count). The van der Waals surface area contributed by atoms with Crippen LogP contribution < -0.4 is 5.32 Å². The Kier molecular flexibility index (Phi) is 11.9. The van der Waals surface area contributed by atoms with Gasteiger partial charge in [0.2, 0.25) is 0 Å². The molecule has 1 aromatic carbocycles. The Bertz CT molecular complexity index is 475. The van der Waals surface area contributed by atoms with E-state index in [4.69, 9.17) is 9.73 Å². The second-order valence-corrected chi connectivity index (χ2v) is 6.59. The molecule has 4 nitrogen and oxygen atoms in total. The molecule has 142 valence electrons. The molecule has 1 fully saturated rings. The SMILES string of the molecule is CCNC(=NCCCc1ccccc1)N(C)CCC1CCOCC1.I. The molecule has 1 aliphatic rings. The fourth-order valence-corrected chi connectivity index (χ4v) is 3.10. The van der Waals surface area contributed by atoms with Crippen molar-refractivity contribution in [1.82, 2.24) is 10.2 Å². The molecule has 0 amide bonds. The molecule has 1 aliphatic heterocycles. The van der Waals surface area contributed by atoms with Crippen molar-refractivity contribution < 1.29 is 4.74 Å². The van der Waals surface area contributed by atoms with E-state index in [9.17, 15) is 0 Å². The molecule has 0 aromatic heterocycles. The average molecular weight is 459 g/mol. The fourth-order valence-electron chi connectivity index (χ4n) is 3.10. The van der Waals surface area contributed by atoms with Crippen molar-refractivity contribution in [1.29, 1.82) is 0 Å². The van der Waals surface area contributed by atoms with Crippen LogP contribution in [0.15, 0.2) is 35.3 Å². The summed E-state index contributed by atoms with van der Waals surface area (Å²) in [7, 11) is 2.15. The lowest BCUT2D eigenvalue weighted by molar-refractivity contribution is 0.0625. The third kappa shape index (κ3) is 8.90. The van der Waals surface area contributed by atoms with E-state index in [2.05, 4.69) is 54.5 Å². The second kappa shape index (κ2) is 13.4. The predicted octanol–water partition coefficient (Wildman–Crippen LogP) is 3.95. The van der Waals surface area contributed by atoms with Gasteiger partial charge in [-0.3, -0.25) is 4.99 Å². The summed E-state index contributed by atoms with van der Waals surface area (Å²) in [5, 5.41) is 3.42. The normalized spacial score (nSPS) is 15.5. The Morgan fingerprint density at radius 1 is 1.24 bits per heavy atom. The maximum absolute atomic E-state index is 5.44. The summed E-state index contributed by atoms with van der Waals surface area (Å²) in [5.74, 6) is 1.85. The Balaban J connectivity index is 0.00000312. The van der Waals surface area contributed by atoms with Crippen LogP contribution in [0.4, 0.5) is 0 Å². The minimum Gasteiger partial charge on any atom is -0.381 e. The summed E-state index contributed by atoms with van der Waals surface area (Å²) in [6, 6.07) is 10.7. The summed E-state index contributed by atoms with van der Waals surface area (Å²) < 4.78 is 5.44. The third-order valence-electron chi connectivity index (χ3n) is 4.64. The maximum Gasteiger partial charge on any atom is 0.193 e. The molecule has 0 saturated carbocycles. The fraction of sp³-hybridized carbons (Fsp3) is 0.650. The molecule has 1 heterocycles. The van der Waals surface area contributed by atoms with Crippen molar-refractivity contribution in [2.45, 2.75) is 39.0 Å². The van der Waals surface area contributed by atoms with Crippen LogP contribution in [0.2, 0.25) is 0 Å². The molecule has 0 atom stereocenters. The van der Waals surface area contributed by atoms with Gasteiger partial charge in [-0.25, -0.2) is 0 Å². The topological polar surface area (TPSA) is 36.9 Å². The molecule has 1 aromatic rings. The number of nitrogens with zero attached hydrogens (tertiary/aromatic N) is 2. The summed E-state index contributed by atoms with van der Waals surface area (Å²) >= 11 is 0. The average Bonchev–Trinajstić information content (AvgIpc) is 2.64. The monoisotopic (exact) mass is 459 g/mol. The predicted molar refractivity (Wildman–Crippen MR) is 117 cm³/mol. The van der Waals surface area contributed by atoms with Crippen molar-refractivity contribution in [3.05, 3.63) is 35.9 Å². The molecule has 1 N–H and O–H groups in total. The van der Waals surface area contributed by atoms with Gasteiger partial charge in [0.25, 0.3) is 0 Å². The van der Waals surface area contributed by atoms with Crippen LogP contribution in [0.1, 0.15) is 38.2 Å². The standard InChI is InChI=1S/C20H33N3O.HI/c1-3-21-20(22-14-7-10-18-8-5-4-6-9-18)23(2)15-11-19-12-16-24-17-13-19;/h4-6,8-9,19H,3,7,10-17H2,1-2H3,(H,21,22);1H. The van der Waals surface area contributed by atoms with Crippen molar-refractivity contribution >= 4 is 29.9 Å². The van der Waals surface area contributed by atoms with Crippen molar-refractivity contribution in [3.63, 3.8) is 0 Å². The first-order valence-corrected chi connectivity index (χ1v) is 9.40. The Morgan fingerprint density at radius 3 is 2.64 bits per heavy atom. The van der Waals surface area contributed by atoms with Crippen molar-refractivity contribution in [3.8, 4) is 0 Å². The molecule has 25 heavy (non-hydrogen) atoms. The molecule has 0 radical (unpaired) electrons. The second-order valence-electron chi connectivity index (χ2n) is 6.59. The number of halogens is 1. The molecule has 0 bridgehead atoms. The number of guanidine groups is 1. The van der Waals surface area contributed by atoms with Gasteiger partial charge in [-0.2, -0.15) is 0 Å². The smallest absolute Gasteiger partial charge is 0.193 e. The van der Waals surface area contributed by atoms with Crippen LogP contribution in [0, 0.1) is 5.92 Å². The Hall–Kier alpha value is -0.820. The highest BCUT2D eigenvalue weighted by Crippen LogP contribution is 2.18. The minimum atomic E-state index is 0. The zero-order valence-electron chi connectivity index (χ0n) is 15.7. The van der Waals surface area contributed by atoms with E-state index in [0.29, 0.717) is 0 Å². The number of rotatable bonds is 8. The first-order chi connectivity index (χ1) is 11.8. The van der Waals surface area contributed by atoms with E-state index < -0.39 is 0 Å². The van der Waals surface area contributed by atoms with Gasteiger partial charge < -0.3 is 15.0 Å². The lowest BCUT2D eigenvalue weighted by Crippen LogP contribution is -2.40. The molecule has 0 unspecified atom stereocenters. The van der Waals surface area contributed by atoms with Gasteiger partial charge in [-0.15, -0.1) is 24.0 Å². The maximum atomic E-state index is 5.44. The van der Waals surface area contributed by atoms with Crippen LogP contribution in [0.5, 0.6) is 0 Å². The summed E-state index contributed by atoms with van der Waals surface area (Å²) in [6.45, 7) is 6.85. The molecule has 0 aliphatic carbocycles. The lowest BCUT2D eigenvalue weighted by atomic mass is 9.96. The van der Waals surface area contributed by atoms with Gasteiger partial charge in [-0.05, 0) is 50.5 Å². The largest absolute Gasteiger partial charge is 0.381 e. The van der Waals surface area contributed by atoms with Crippen LogP contribution >= 0.6 is 24.0 Å². The van der Waals surface area contributed by atoms with E-state index >= 15 is 0 Å². The number of benzene rings is 1. The van der Waals surface area contributed by atoms with Crippen LogP contribution in [0.25, 0.3) is 0 Å². The van der Waals surface area contributed by atoms with Gasteiger partial charge in [0.05, 0.1) is 0 Å². The summed E-state index contributed by atoms with van der Waals surface area (Å²) in [5.41, 5.74) is 1.39. The van der Waals surface area contributed by atoms with Gasteiger partial charge in [-0.1, -0.05) is 30.3 Å². The lowest BCUT2D eigenvalue weighted by Gasteiger charge is -2.26. The van der Waals surface area contributed by atoms with E-state index in [-0.39, 0.29) is 24.0 Å². The summed E-state index contributed by atoms with van der Waals surface area (Å²) in [4.78, 5) is 7.08. The van der Waals surface area contributed by atoms with Gasteiger partial charge in [0.15, 0.2) is 5.96 Å². The van der Waals surface area contributed by atoms with Gasteiger partial charge >= 0.3 is 0 Å². The number of nitrogens with one attached hydrogen (secondary N) is 1. The van der Waals surface area contributed by atoms with Gasteiger partial charge in [0, 0.05) is 39.9 Å². The number of hydrogen-bond donors (Lipinski definition) is 1. The highest BCUT2D eigenvalue weighted by atomic mass is 127. The van der Waals surface area contributed by atoms with E-state index in [0.717, 1.165) is 57.6 Å². The zero-order chi connectivity index (χ0) is 17.0. The van der Waals surface area contributed by atoms with Crippen molar-refractivity contribution in [2.75, 3.05) is 39.9 Å².